The van der Waals surface area contributed by atoms with Crippen LogP contribution in [0.25, 0.3) is 0 Å². The summed E-state index contributed by atoms with van der Waals surface area (Å²) in [7, 11) is 4.09. The van der Waals surface area contributed by atoms with E-state index in [2.05, 4.69) is 29.1 Å². The van der Waals surface area contributed by atoms with Crippen LogP contribution in [0.15, 0.2) is 30.3 Å². The fraction of sp³-hybridized carbons (Fsp3) is 0.400. The zero-order valence-corrected chi connectivity index (χ0v) is 11.9. The van der Waals surface area contributed by atoms with Crippen LogP contribution in [0.1, 0.15) is 23.7 Å². The van der Waals surface area contributed by atoms with Gasteiger partial charge in [0.1, 0.15) is 5.82 Å². The maximum atomic E-state index is 6.22. The molecule has 102 valence electrons. The second-order valence-corrected chi connectivity index (χ2v) is 5.05. The van der Waals surface area contributed by atoms with Crippen LogP contribution in [0.5, 0.6) is 0 Å². The smallest absolute Gasteiger partial charge is 0.125 e. The summed E-state index contributed by atoms with van der Waals surface area (Å²) in [5.74, 6) is 0.795. The van der Waals surface area contributed by atoms with Gasteiger partial charge in [-0.25, -0.2) is 4.68 Å². The minimum absolute atomic E-state index is 0.729. The lowest BCUT2D eigenvalue weighted by atomic mass is 10.1. The Labute approximate surface area is 114 Å². The van der Waals surface area contributed by atoms with Gasteiger partial charge in [0, 0.05) is 12.1 Å². The highest BCUT2D eigenvalue weighted by Crippen LogP contribution is 2.19. The molecule has 4 nitrogen and oxygen atoms in total. The zero-order valence-electron chi connectivity index (χ0n) is 11.9. The first kappa shape index (κ1) is 13.6. The van der Waals surface area contributed by atoms with Crippen molar-refractivity contribution in [2.75, 3.05) is 19.8 Å². The van der Waals surface area contributed by atoms with Gasteiger partial charge in [0.25, 0.3) is 0 Å². The summed E-state index contributed by atoms with van der Waals surface area (Å²) in [6.07, 6.45) is 0.920. The molecule has 4 heteroatoms. The van der Waals surface area contributed by atoms with Crippen molar-refractivity contribution in [3.05, 3.63) is 47.2 Å². The Balaban J connectivity index is 2.28. The molecule has 0 amide bonds. The van der Waals surface area contributed by atoms with Crippen molar-refractivity contribution in [3.8, 4) is 0 Å². The molecular formula is C15H22N4. The van der Waals surface area contributed by atoms with Gasteiger partial charge in [-0.05, 0) is 26.1 Å². The van der Waals surface area contributed by atoms with Crippen molar-refractivity contribution < 1.29 is 0 Å². The van der Waals surface area contributed by atoms with Crippen LogP contribution >= 0.6 is 0 Å². The van der Waals surface area contributed by atoms with Gasteiger partial charge in [0.2, 0.25) is 0 Å². The molecule has 2 aromatic rings. The third-order valence-corrected chi connectivity index (χ3v) is 3.17. The number of nitrogens with zero attached hydrogens (tertiary/aromatic N) is 3. The molecule has 0 unspecified atom stereocenters. The number of aromatic nitrogens is 2. The maximum absolute atomic E-state index is 6.22. The van der Waals surface area contributed by atoms with Crippen molar-refractivity contribution in [1.29, 1.82) is 0 Å². The molecule has 0 saturated carbocycles. The molecule has 0 fully saturated rings. The first-order chi connectivity index (χ1) is 9.11. The number of nitrogens with two attached hydrogens (primary N) is 1. The van der Waals surface area contributed by atoms with E-state index in [1.54, 1.807) is 0 Å². The third-order valence-electron chi connectivity index (χ3n) is 3.17. The lowest BCUT2D eigenvalue weighted by Gasteiger charge is -2.07. The lowest BCUT2D eigenvalue weighted by Crippen LogP contribution is -2.12. The Bertz CT molecular complexity index is 529. The molecule has 19 heavy (non-hydrogen) atoms. The predicted octanol–water partition coefficient (Wildman–Crippen LogP) is 2.14. The van der Waals surface area contributed by atoms with Gasteiger partial charge in [-0.1, -0.05) is 37.3 Å². The number of hydrogen-bond acceptors (Lipinski definition) is 3. The first-order valence-corrected chi connectivity index (χ1v) is 6.64. The monoisotopic (exact) mass is 258 g/mol. The second-order valence-electron chi connectivity index (χ2n) is 5.05. The average molecular weight is 258 g/mol. The molecule has 0 saturated heterocycles. The van der Waals surface area contributed by atoms with Gasteiger partial charge in [-0.2, -0.15) is 5.10 Å². The van der Waals surface area contributed by atoms with E-state index in [9.17, 15) is 0 Å². The molecule has 0 aliphatic rings. The molecule has 1 aromatic heterocycles. The van der Waals surface area contributed by atoms with E-state index < -0.39 is 0 Å². The molecule has 1 heterocycles. The molecule has 0 aliphatic carbocycles. The van der Waals surface area contributed by atoms with Crippen LogP contribution in [0.3, 0.4) is 0 Å². The number of rotatable bonds is 5. The second kappa shape index (κ2) is 5.89. The van der Waals surface area contributed by atoms with Crippen LogP contribution < -0.4 is 5.73 Å². The van der Waals surface area contributed by atoms with Crippen LogP contribution in [0.4, 0.5) is 5.82 Å². The standard InChI is InChI=1S/C15H22N4/c1-4-13-14(11-18(2)3)17-19(15(13)16)10-12-8-6-5-7-9-12/h5-9H,4,10-11,16H2,1-3H3. The Kier molecular flexibility index (Phi) is 4.22. The Morgan fingerprint density at radius 2 is 1.89 bits per heavy atom. The van der Waals surface area contributed by atoms with Gasteiger partial charge in [0.05, 0.1) is 12.2 Å². The fourth-order valence-corrected chi connectivity index (χ4v) is 2.25. The Hall–Kier alpha value is -1.81. The summed E-state index contributed by atoms with van der Waals surface area (Å²) in [5, 5.41) is 4.67. The van der Waals surface area contributed by atoms with E-state index in [0.29, 0.717) is 0 Å². The Morgan fingerprint density at radius 1 is 1.21 bits per heavy atom. The summed E-state index contributed by atoms with van der Waals surface area (Å²) >= 11 is 0. The minimum atomic E-state index is 0.729. The number of anilines is 1. The molecule has 0 bridgehead atoms. The van der Waals surface area contributed by atoms with Gasteiger partial charge >= 0.3 is 0 Å². The van der Waals surface area contributed by atoms with Gasteiger partial charge in [-0.15, -0.1) is 0 Å². The van der Waals surface area contributed by atoms with E-state index in [0.717, 1.165) is 31.0 Å². The zero-order chi connectivity index (χ0) is 13.8. The van der Waals surface area contributed by atoms with Crippen LogP contribution in [-0.2, 0) is 19.5 Å². The minimum Gasteiger partial charge on any atom is -0.384 e. The normalized spacial score (nSPS) is 11.2. The molecule has 0 aliphatic heterocycles. The highest BCUT2D eigenvalue weighted by Gasteiger charge is 2.14. The molecule has 1 aromatic carbocycles. The molecular weight excluding hydrogens is 236 g/mol. The highest BCUT2D eigenvalue weighted by molar-refractivity contribution is 5.44. The van der Waals surface area contributed by atoms with E-state index in [4.69, 9.17) is 5.73 Å². The van der Waals surface area contributed by atoms with Crippen molar-refractivity contribution in [2.45, 2.75) is 26.4 Å². The summed E-state index contributed by atoms with van der Waals surface area (Å²) < 4.78 is 1.91. The summed E-state index contributed by atoms with van der Waals surface area (Å²) in [4.78, 5) is 2.12. The van der Waals surface area contributed by atoms with Crippen molar-refractivity contribution in [1.82, 2.24) is 14.7 Å². The molecule has 0 atom stereocenters. The van der Waals surface area contributed by atoms with Crippen LogP contribution in [0.2, 0.25) is 0 Å². The molecule has 0 spiro atoms. The number of benzene rings is 1. The number of hydrogen-bond donors (Lipinski definition) is 1. The molecule has 2 rings (SSSR count). The predicted molar refractivity (Wildman–Crippen MR) is 79.0 cm³/mol. The van der Waals surface area contributed by atoms with Gasteiger partial charge in [0.15, 0.2) is 0 Å². The topological polar surface area (TPSA) is 47.1 Å². The highest BCUT2D eigenvalue weighted by atomic mass is 15.3. The van der Waals surface area contributed by atoms with Crippen molar-refractivity contribution in [2.24, 2.45) is 0 Å². The third kappa shape index (κ3) is 3.15. The summed E-state index contributed by atoms with van der Waals surface area (Å²) in [5.41, 5.74) is 9.69. The Morgan fingerprint density at radius 3 is 2.47 bits per heavy atom. The number of nitrogen functional groups attached to an aromatic ring is 1. The van der Waals surface area contributed by atoms with Crippen molar-refractivity contribution in [3.63, 3.8) is 0 Å². The van der Waals surface area contributed by atoms with E-state index in [1.165, 1.54) is 11.1 Å². The van der Waals surface area contributed by atoms with Gasteiger partial charge in [-0.3, -0.25) is 0 Å². The van der Waals surface area contributed by atoms with Crippen LogP contribution in [0, 0.1) is 0 Å². The summed E-state index contributed by atoms with van der Waals surface area (Å²) in [6.45, 7) is 3.68. The van der Waals surface area contributed by atoms with E-state index in [-0.39, 0.29) is 0 Å². The fourth-order valence-electron chi connectivity index (χ4n) is 2.25. The lowest BCUT2D eigenvalue weighted by molar-refractivity contribution is 0.393. The van der Waals surface area contributed by atoms with E-state index in [1.807, 2.05) is 37.0 Å². The van der Waals surface area contributed by atoms with E-state index >= 15 is 0 Å². The molecule has 0 radical (unpaired) electrons. The van der Waals surface area contributed by atoms with Crippen LogP contribution in [-0.4, -0.2) is 28.8 Å². The quantitative estimate of drug-likeness (QED) is 0.893. The summed E-state index contributed by atoms with van der Waals surface area (Å²) in [6, 6.07) is 10.3. The van der Waals surface area contributed by atoms with Gasteiger partial charge < -0.3 is 10.6 Å². The SMILES string of the molecule is CCc1c(CN(C)C)nn(Cc2ccccc2)c1N. The molecule has 2 N–H and O–H groups in total. The maximum Gasteiger partial charge on any atom is 0.125 e. The first-order valence-electron chi connectivity index (χ1n) is 6.64. The largest absolute Gasteiger partial charge is 0.384 e. The van der Waals surface area contributed by atoms with Crippen molar-refractivity contribution >= 4 is 5.82 Å². The average Bonchev–Trinajstić information content (AvgIpc) is 2.66.